The lowest BCUT2D eigenvalue weighted by molar-refractivity contribution is 0.537. The van der Waals surface area contributed by atoms with Crippen molar-refractivity contribution in [3.05, 3.63) is 35.4 Å². The van der Waals surface area contributed by atoms with Gasteiger partial charge in [0.05, 0.1) is 17.1 Å². The van der Waals surface area contributed by atoms with Gasteiger partial charge in [0.15, 0.2) is 24.3 Å². The van der Waals surface area contributed by atoms with E-state index in [0.717, 1.165) is 18.2 Å². The Morgan fingerprint density at radius 1 is 0.944 bits per heavy atom. The van der Waals surface area contributed by atoms with Crippen LogP contribution in [0.4, 0.5) is 8.78 Å². The summed E-state index contributed by atoms with van der Waals surface area (Å²) in [7, 11) is -8.19. The fraction of sp³-hybridized carbons (Fsp3) is 0.400. The van der Waals surface area contributed by atoms with Crippen molar-refractivity contribution < 1.29 is 25.6 Å². The quantitative estimate of drug-likeness (QED) is 0.781. The molecule has 0 aliphatic carbocycles. The lowest BCUT2D eigenvalue weighted by Gasteiger charge is -2.23. The molecule has 0 amide bonds. The summed E-state index contributed by atoms with van der Waals surface area (Å²) < 4.78 is 72.1. The van der Waals surface area contributed by atoms with E-state index < -0.39 is 41.5 Å². The molecule has 2 rings (SSSR count). The van der Waals surface area contributed by atoms with Crippen molar-refractivity contribution in [3.63, 3.8) is 0 Å². The Kier molecular flexibility index (Phi) is 3.18. The van der Waals surface area contributed by atoms with Crippen molar-refractivity contribution in [2.24, 2.45) is 0 Å². The molecule has 1 fully saturated rings. The number of hydrogen-bond acceptors (Lipinski definition) is 4. The van der Waals surface area contributed by atoms with Gasteiger partial charge in [-0.2, -0.15) is 0 Å². The minimum atomic E-state index is -4.10. The second-order valence-electron chi connectivity index (χ2n) is 4.05. The molecule has 1 aromatic carbocycles. The third-order valence-electron chi connectivity index (χ3n) is 2.75. The highest BCUT2D eigenvalue weighted by atomic mass is 32.3. The molecule has 0 saturated carbocycles. The van der Waals surface area contributed by atoms with E-state index in [1.54, 1.807) is 0 Å². The Bertz CT molecular complexity index is 626. The van der Waals surface area contributed by atoms with Crippen LogP contribution < -0.4 is 0 Å². The van der Waals surface area contributed by atoms with E-state index in [0.29, 0.717) is 0 Å². The van der Waals surface area contributed by atoms with E-state index >= 15 is 0 Å². The first kappa shape index (κ1) is 13.4. The van der Waals surface area contributed by atoms with Crippen molar-refractivity contribution in [3.8, 4) is 0 Å². The maximum absolute atomic E-state index is 13.6. The molecule has 1 aromatic rings. The van der Waals surface area contributed by atoms with Crippen LogP contribution in [-0.4, -0.2) is 28.3 Å². The molecule has 0 spiro atoms. The third kappa shape index (κ3) is 2.14. The third-order valence-corrected chi connectivity index (χ3v) is 8.00. The van der Waals surface area contributed by atoms with Gasteiger partial charge in [-0.25, -0.2) is 25.6 Å². The van der Waals surface area contributed by atoms with Crippen LogP contribution in [0.2, 0.25) is 0 Å². The van der Waals surface area contributed by atoms with E-state index in [2.05, 4.69) is 0 Å². The number of sulfone groups is 2. The predicted octanol–water partition coefficient (Wildman–Crippen LogP) is 1.20. The Labute approximate surface area is 103 Å². The average Bonchev–Trinajstić information content (AvgIpc) is 2.20. The summed E-state index contributed by atoms with van der Waals surface area (Å²) in [5.74, 6) is -3.09. The van der Waals surface area contributed by atoms with Crippen molar-refractivity contribution in [1.82, 2.24) is 0 Å². The lowest BCUT2D eigenvalue weighted by atomic mass is 10.2. The van der Waals surface area contributed by atoms with E-state index in [-0.39, 0.29) is 17.9 Å². The summed E-state index contributed by atoms with van der Waals surface area (Å²) >= 11 is 0. The highest BCUT2D eigenvalue weighted by molar-refractivity contribution is 8.09. The van der Waals surface area contributed by atoms with Crippen LogP contribution in [0.1, 0.15) is 16.6 Å². The summed E-state index contributed by atoms with van der Waals surface area (Å²) in [5, 5.41) is 0. The molecule has 1 saturated heterocycles. The van der Waals surface area contributed by atoms with E-state index in [9.17, 15) is 25.6 Å². The molecule has 1 aliphatic rings. The van der Waals surface area contributed by atoms with Gasteiger partial charge in [0.2, 0.25) is 0 Å². The van der Waals surface area contributed by atoms with Crippen LogP contribution in [0, 0.1) is 11.6 Å². The maximum atomic E-state index is 13.6. The van der Waals surface area contributed by atoms with Gasteiger partial charge in [0, 0.05) is 0 Å². The summed E-state index contributed by atoms with van der Waals surface area (Å²) in [4.78, 5) is 0. The Hall–Kier alpha value is -1.02. The Morgan fingerprint density at radius 2 is 1.39 bits per heavy atom. The fourth-order valence-electron chi connectivity index (χ4n) is 1.99. The Balaban J connectivity index is 2.74. The zero-order valence-corrected chi connectivity index (χ0v) is 10.8. The molecule has 0 N–H and O–H groups in total. The SMILES string of the molecule is O=S1(=O)CCCS(=O)(=O)C1c1c(F)cccc1F. The van der Waals surface area contributed by atoms with Crippen LogP contribution in [0.5, 0.6) is 0 Å². The van der Waals surface area contributed by atoms with Gasteiger partial charge >= 0.3 is 0 Å². The highest BCUT2D eigenvalue weighted by Crippen LogP contribution is 2.36. The molecular weight excluding hydrogens is 286 g/mol. The van der Waals surface area contributed by atoms with Gasteiger partial charge in [-0.3, -0.25) is 0 Å². The second kappa shape index (κ2) is 4.27. The first-order chi connectivity index (χ1) is 8.26. The highest BCUT2D eigenvalue weighted by Gasteiger charge is 2.45. The van der Waals surface area contributed by atoms with Crippen LogP contribution in [-0.2, 0) is 19.7 Å². The molecule has 0 bridgehead atoms. The van der Waals surface area contributed by atoms with Gasteiger partial charge in [-0.05, 0) is 18.6 Å². The molecule has 18 heavy (non-hydrogen) atoms. The molecule has 1 aliphatic heterocycles. The molecule has 4 nitrogen and oxygen atoms in total. The number of hydrogen-bond donors (Lipinski definition) is 0. The van der Waals surface area contributed by atoms with Crippen LogP contribution in [0.25, 0.3) is 0 Å². The predicted molar refractivity (Wildman–Crippen MR) is 61.3 cm³/mol. The van der Waals surface area contributed by atoms with Gasteiger partial charge < -0.3 is 0 Å². The van der Waals surface area contributed by atoms with Gasteiger partial charge in [-0.1, -0.05) is 6.07 Å². The van der Waals surface area contributed by atoms with Crippen LogP contribution in [0.15, 0.2) is 18.2 Å². The smallest absolute Gasteiger partial charge is 0.193 e. The molecule has 100 valence electrons. The number of benzene rings is 1. The van der Waals surface area contributed by atoms with Gasteiger partial charge in [0.1, 0.15) is 11.6 Å². The van der Waals surface area contributed by atoms with Crippen LogP contribution >= 0.6 is 0 Å². The van der Waals surface area contributed by atoms with Crippen molar-refractivity contribution in [2.45, 2.75) is 11.0 Å². The van der Waals surface area contributed by atoms with E-state index in [1.165, 1.54) is 0 Å². The summed E-state index contributed by atoms with van der Waals surface area (Å²) in [6.45, 7) is 0. The Morgan fingerprint density at radius 3 is 1.83 bits per heavy atom. The maximum Gasteiger partial charge on any atom is 0.193 e. The fourth-order valence-corrected chi connectivity index (χ4v) is 7.23. The van der Waals surface area contributed by atoms with Gasteiger partial charge in [-0.15, -0.1) is 0 Å². The van der Waals surface area contributed by atoms with Crippen molar-refractivity contribution >= 4 is 19.7 Å². The lowest BCUT2D eigenvalue weighted by Crippen LogP contribution is -2.33. The molecule has 8 heteroatoms. The van der Waals surface area contributed by atoms with E-state index in [4.69, 9.17) is 0 Å². The topological polar surface area (TPSA) is 68.3 Å². The minimum Gasteiger partial charge on any atom is -0.227 e. The number of halogens is 2. The molecule has 0 radical (unpaired) electrons. The monoisotopic (exact) mass is 296 g/mol. The largest absolute Gasteiger partial charge is 0.227 e. The molecule has 0 unspecified atom stereocenters. The molecule has 0 atom stereocenters. The number of rotatable bonds is 1. The molecular formula is C10H10F2O4S2. The summed E-state index contributed by atoms with van der Waals surface area (Å²) in [6.07, 6.45) is -0.0444. The van der Waals surface area contributed by atoms with Gasteiger partial charge in [0.25, 0.3) is 0 Å². The zero-order valence-electron chi connectivity index (χ0n) is 9.14. The molecule has 1 heterocycles. The van der Waals surface area contributed by atoms with Crippen molar-refractivity contribution in [2.75, 3.05) is 11.5 Å². The van der Waals surface area contributed by atoms with Crippen LogP contribution in [0.3, 0.4) is 0 Å². The standard InChI is InChI=1S/C10H10F2O4S2/c11-7-3-1-4-8(12)9(7)10-17(13,14)5-2-6-18(10,15)16/h1,3-4,10H,2,5-6H2. The second-order valence-corrected chi connectivity index (χ2v) is 8.76. The van der Waals surface area contributed by atoms with E-state index in [1.807, 2.05) is 0 Å². The average molecular weight is 296 g/mol. The van der Waals surface area contributed by atoms with Crippen molar-refractivity contribution in [1.29, 1.82) is 0 Å². The molecule has 0 aromatic heterocycles. The minimum absolute atomic E-state index is 0.0444. The first-order valence-electron chi connectivity index (χ1n) is 5.13. The summed E-state index contributed by atoms with van der Waals surface area (Å²) in [6, 6.07) is 2.74. The summed E-state index contributed by atoms with van der Waals surface area (Å²) in [5.41, 5.74) is -0.891. The zero-order chi connectivity index (χ0) is 13.6. The first-order valence-corrected chi connectivity index (χ1v) is 8.56. The normalized spacial score (nSPS) is 22.8.